The SMILES string of the molecule is CCCNC(c1ccc(C)c(Br)c1)C1CCC1. The molecule has 1 aromatic rings. The van der Waals surface area contributed by atoms with E-state index < -0.39 is 0 Å². The Morgan fingerprint density at radius 1 is 1.41 bits per heavy atom. The van der Waals surface area contributed by atoms with Crippen LogP contribution in [0.2, 0.25) is 0 Å². The van der Waals surface area contributed by atoms with Gasteiger partial charge in [0.05, 0.1) is 0 Å². The van der Waals surface area contributed by atoms with E-state index in [9.17, 15) is 0 Å². The molecule has 1 aliphatic rings. The number of benzene rings is 1. The zero-order chi connectivity index (χ0) is 12.3. The number of rotatable bonds is 5. The first-order valence-corrected chi connectivity index (χ1v) is 7.51. The molecule has 0 bridgehead atoms. The molecular weight excluding hydrogens is 274 g/mol. The quantitative estimate of drug-likeness (QED) is 0.837. The van der Waals surface area contributed by atoms with Gasteiger partial charge in [0, 0.05) is 10.5 Å². The predicted molar refractivity (Wildman–Crippen MR) is 77.3 cm³/mol. The minimum Gasteiger partial charge on any atom is -0.310 e. The fourth-order valence-electron chi connectivity index (χ4n) is 2.43. The van der Waals surface area contributed by atoms with Gasteiger partial charge in [-0.15, -0.1) is 0 Å². The summed E-state index contributed by atoms with van der Waals surface area (Å²) < 4.78 is 1.23. The van der Waals surface area contributed by atoms with Crippen molar-refractivity contribution < 1.29 is 0 Å². The maximum absolute atomic E-state index is 3.71. The lowest BCUT2D eigenvalue weighted by molar-refractivity contribution is 0.231. The van der Waals surface area contributed by atoms with E-state index in [0.717, 1.165) is 12.5 Å². The van der Waals surface area contributed by atoms with Gasteiger partial charge in [-0.2, -0.15) is 0 Å². The fraction of sp³-hybridized carbons (Fsp3) is 0.600. The third kappa shape index (κ3) is 3.11. The second kappa shape index (κ2) is 6.01. The van der Waals surface area contributed by atoms with E-state index in [1.165, 1.54) is 41.3 Å². The Morgan fingerprint density at radius 2 is 2.18 bits per heavy atom. The van der Waals surface area contributed by atoms with Crippen LogP contribution in [0.1, 0.15) is 49.8 Å². The molecule has 0 aliphatic heterocycles. The summed E-state index contributed by atoms with van der Waals surface area (Å²) in [7, 11) is 0. The highest BCUT2D eigenvalue weighted by Crippen LogP contribution is 2.38. The van der Waals surface area contributed by atoms with Crippen LogP contribution in [0, 0.1) is 12.8 Å². The second-order valence-electron chi connectivity index (χ2n) is 5.13. The molecule has 1 unspecified atom stereocenters. The smallest absolute Gasteiger partial charge is 0.0349 e. The van der Waals surface area contributed by atoms with E-state index in [1.54, 1.807) is 0 Å². The molecule has 0 heterocycles. The molecule has 1 aliphatic carbocycles. The fourth-order valence-corrected chi connectivity index (χ4v) is 2.83. The third-order valence-corrected chi connectivity index (χ3v) is 4.64. The van der Waals surface area contributed by atoms with Gasteiger partial charge in [-0.25, -0.2) is 0 Å². The van der Waals surface area contributed by atoms with Crippen LogP contribution in [0.5, 0.6) is 0 Å². The van der Waals surface area contributed by atoms with Crippen molar-refractivity contribution in [3.05, 3.63) is 33.8 Å². The Bertz CT molecular complexity index is 371. The number of hydrogen-bond donors (Lipinski definition) is 1. The monoisotopic (exact) mass is 295 g/mol. The maximum Gasteiger partial charge on any atom is 0.0349 e. The van der Waals surface area contributed by atoms with Gasteiger partial charge in [-0.1, -0.05) is 41.4 Å². The first-order chi connectivity index (χ1) is 8.22. The van der Waals surface area contributed by atoms with Crippen molar-refractivity contribution >= 4 is 15.9 Å². The molecule has 1 N–H and O–H groups in total. The van der Waals surface area contributed by atoms with E-state index in [1.807, 2.05) is 0 Å². The molecule has 1 saturated carbocycles. The van der Waals surface area contributed by atoms with Crippen LogP contribution >= 0.6 is 15.9 Å². The van der Waals surface area contributed by atoms with Crippen molar-refractivity contribution in [2.45, 2.75) is 45.6 Å². The Hall–Kier alpha value is -0.340. The first kappa shape index (κ1) is 13.1. The Morgan fingerprint density at radius 3 is 2.71 bits per heavy atom. The normalized spacial score (nSPS) is 17.8. The zero-order valence-electron chi connectivity index (χ0n) is 10.8. The predicted octanol–water partition coefficient (Wildman–Crippen LogP) is 4.60. The van der Waals surface area contributed by atoms with Gasteiger partial charge in [0.2, 0.25) is 0 Å². The largest absolute Gasteiger partial charge is 0.310 e. The molecule has 0 amide bonds. The standard InChI is InChI=1S/C15H22BrN/c1-3-9-17-15(12-5-4-6-12)13-8-7-11(2)14(16)10-13/h7-8,10,12,15,17H,3-6,9H2,1-2H3. The van der Waals surface area contributed by atoms with Crippen molar-refractivity contribution in [1.29, 1.82) is 0 Å². The molecule has 1 nitrogen and oxygen atoms in total. The minimum absolute atomic E-state index is 0.556. The van der Waals surface area contributed by atoms with Crippen molar-refractivity contribution in [2.24, 2.45) is 5.92 Å². The van der Waals surface area contributed by atoms with Crippen molar-refractivity contribution in [2.75, 3.05) is 6.54 Å². The first-order valence-electron chi connectivity index (χ1n) is 6.71. The van der Waals surface area contributed by atoms with Crippen LogP contribution in [0.25, 0.3) is 0 Å². The molecule has 1 fully saturated rings. The zero-order valence-corrected chi connectivity index (χ0v) is 12.4. The number of hydrogen-bond acceptors (Lipinski definition) is 1. The summed E-state index contributed by atoms with van der Waals surface area (Å²) in [4.78, 5) is 0. The number of nitrogens with one attached hydrogen (secondary N) is 1. The summed E-state index contributed by atoms with van der Waals surface area (Å²) in [5.74, 6) is 0.844. The highest BCUT2D eigenvalue weighted by Gasteiger charge is 2.28. The van der Waals surface area contributed by atoms with Gasteiger partial charge in [0.15, 0.2) is 0 Å². The van der Waals surface area contributed by atoms with Crippen molar-refractivity contribution in [3.8, 4) is 0 Å². The van der Waals surface area contributed by atoms with Crippen LogP contribution in [0.4, 0.5) is 0 Å². The van der Waals surface area contributed by atoms with Crippen LogP contribution < -0.4 is 5.32 Å². The average molecular weight is 296 g/mol. The highest BCUT2D eigenvalue weighted by molar-refractivity contribution is 9.10. The molecule has 0 saturated heterocycles. The number of halogens is 1. The Balaban J connectivity index is 2.15. The van der Waals surface area contributed by atoms with Gasteiger partial charge in [0.1, 0.15) is 0 Å². The van der Waals surface area contributed by atoms with Crippen LogP contribution in [-0.4, -0.2) is 6.54 Å². The van der Waals surface area contributed by atoms with E-state index in [4.69, 9.17) is 0 Å². The van der Waals surface area contributed by atoms with E-state index >= 15 is 0 Å². The van der Waals surface area contributed by atoms with Crippen LogP contribution in [0.15, 0.2) is 22.7 Å². The van der Waals surface area contributed by atoms with Gasteiger partial charge < -0.3 is 5.32 Å². The molecule has 1 aromatic carbocycles. The van der Waals surface area contributed by atoms with Gasteiger partial charge in [-0.05, 0) is 55.8 Å². The summed E-state index contributed by atoms with van der Waals surface area (Å²) in [6.07, 6.45) is 5.37. The topological polar surface area (TPSA) is 12.0 Å². The molecule has 1 atom stereocenters. The molecule has 2 heteroatoms. The summed E-state index contributed by atoms with van der Waals surface area (Å²) in [5.41, 5.74) is 2.76. The van der Waals surface area contributed by atoms with Gasteiger partial charge in [-0.3, -0.25) is 0 Å². The summed E-state index contributed by atoms with van der Waals surface area (Å²) >= 11 is 3.64. The molecule has 2 rings (SSSR count). The molecule has 0 spiro atoms. The lowest BCUT2D eigenvalue weighted by Crippen LogP contribution is -2.32. The van der Waals surface area contributed by atoms with Gasteiger partial charge in [0.25, 0.3) is 0 Å². The van der Waals surface area contributed by atoms with Crippen LogP contribution in [0.3, 0.4) is 0 Å². The lowest BCUT2D eigenvalue weighted by Gasteiger charge is -2.35. The molecule has 94 valence electrons. The molecular formula is C15H22BrN. The summed E-state index contributed by atoms with van der Waals surface area (Å²) in [6, 6.07) is 7.35. The Labute approximate surface area is 113 Å². The van der Waals surface area contributed by atoms with E-state index in [-0.39, 0.29) is 0 Å². The second-order valence-corrected chi connectivity index (χ2v) is 5.99. The van der Waals surface area contributed by atoms with Crippen molar-refractivity contribution in [1.82, 2.24) is 5.32 Å². The third-order valence-electron chi connectivity index (χ3n) is 3.79. The summed E-state index contributed by atoms with van der Waals surface area (Å²) in [6.45, 7) is 5.49. The summed E-state index contributed by atoms with van der Waals surface area (Å²) in [5, 5.41) is 3.71. The Kier molecular flexibility index (Phi) is 4.63. The lowest BCUT2D eigenvalue weighted by atomic mass is 9.77. The number of aryl methyl sites for hydroxylation is 1. The molecule has 0 aromatic heterocycles. The maximum atomic E-state index is 3.71. The van der Waals surface area contributed by atoms with E-state index in [0.29, 0.717) is 6.04 Å². The molecule has 0 radical (unpaired) electrons. The minimum atomic E-state index is 0.556. The average Bonchev–Trinajstić information content (AvgIpc) is 2.25. The highest BCUT2D eigenvalue weighted by atomic mass is 79.9. The van der Waals surface area contributed by atoms with Crippen LogP contribution in [-0.2, 0) is 0 Å². The van der Waals surface area contributed by atoms with Crippen molar-refractivity contribution in [3.63, 3.8) is 0 Å². The van der Waals surface area contributed by atoms with Gasteiger partial charge >= 0.3 is 0 Å². The molecule has 17 heavy (non-hydrogen) atoms. The van der Waals surface area contributed by atoms with E-state index in [2.05, 4.69) is 53.3 Å².